The van der Waals surface area contributed by atoms with Crippen LogP contribution in [-0.4, -0.2) is 27.5 Å². The second-order valence-electron chi connectivity index (χ2n) is 5.58. The summed E-state index contributed by atoms with van der Waals surface area (Å²) in [6, 6.07) is 9.27. The number of carbonyl (C=O) groups is 1. The zero-order chi connectivity index (χ0) is 18.0. The zero-order valence-corrected chi connectivity index (χ0v) is 14.3. The van der Waals surface area contributed by atoms with Gasteiger partial charge in [0.1, 0.15) is 11.6 Å². The van der Waals surface area contributed by atoms with E-state index in [2.05, 4.69) is 4.72 Å². The predicted octanol–water partition coefficient (Wildman–Crippen LogP) is 2.76. The third-order valence-electron chi connectivity index (χ3n) is 3.73. The first-order valence-electron chi connectivity index (χ1n) is 7.76. The van der Waals surface area contributed by atoms with E-state index in [0.29, 0.717) is 23.7 Å². The molecule has 3 rings (SSSR count). The van der Waals surface area contributed by atoms with Gasteiger partial charge in [0.05, 0.1) is 16.3 Å². The van der Waals surface area contributed by atoms with Gasteiger partial charge in [-0.25, -0.2) is 12.8 Å². The molecule has 0 spiro atoms. The highest BCUT2D eigenvalue weighted by Crippen LogP contribution is 2.35. The Bertz CT molecular complexity index is 897. The van der Waals surface area contributed by atoms with Crippen LogP contribution in [0.5, 0.6) is 5.75 Å². The Kier molecular flexibility index (Phi) is 4.63. The Labute approximate surface area is 145 Å². The van der Waals surface area contributed by atoms with Crippen molar-refractivity contribution in [3.63, 3.8) is 0 Å². The third-order valence-corrected chi connectivity index (χ3v) is 5.12. The Morgan fingerprint density at radius 3 is 2.60 bits per heavy atom. The van der Waals surface area contributed by atoms with Crippen LogP contribution in [0.1, 0.15) is 13.3 Å². The molecule has 25 heavy (non-hydrogen) atoms. The van der Waals surface area contributed by atoms with Crippen LogP contribution in [0.15, 0.2) is 47.4 Å². The van der Waals surface area contributed by atoms with E-state index in [1.165, 1.54) is 12.1 Å². The maximum absolute atomic E-state index is 13.0. The van der Waals surface area contributed by atoms with E-state index in [4.69, 9.17) is 4.74 Å². The molecule has 1 aliphatic heterocycles. The second kappa shape index (κ2) is 6.72. The molecule has 6 nitrogen and oxygen atoms in total. The molecule has 8 heteroatoms. The van der Waals surface area contributed by atoms with Crippen molar-refractivity contribution in [1.29, 1.82) is 0 Å². The average Bonchev–Trinajstić information content (AvgIpc) is 2.58. The molecule has 0 unspecified atom stereocenters. The largest absolute Gasteiger partial charge is 0.482 e. The molecule has 0 saturated heterocycles. The van der Waals surface area contributed by atoms with Gasteiger partial charge >= 0.3 is 0 Å². The van der Waals surface area contributed by atoms with E-state index < -0.39 is 15.8 Å². The van der Waals surface area contributed by atoms with Crippen LogP contribution in [-0.2, 0) is 14.8 Å². The molecular formula is C17H17FN2O4S. The van der Waals surface area contributed by atoms with E-state index in [-0.39, 0.29) is 17.4 Å². The summed E-state index contributed by atoms with van der Waals surface area (Å²) in [5, 5.41) is 0. The number of carbonyl (C=O) groups excluding carboxylic acids is 1. The van der Waals surface area contributed by atoms with E-state index in [1.807, 2.05) is 6.92 Å². The fraction of sp³-hybridized carbons (Fsp3) is 0.235. The minimum atomic E-state index is -3.86. The summed E-state index contributed by atoms with van der Waals surface area (Å²) < 4.78 is 45.6. The normalized spacial score (nSPS) is 14.0. The highest BCUT2D eigenvalue weighted by atomic mass is 32.2. The van der Waals surface area contributed by atoms with Gasteiger partial charge in [0.2, 0.25) is 0 Å². The van der Waals surface area contributed by atoms with Gasteiger partial charge in [-0.15, -0.1) is 0 Å². The lowest BCUT2D eigenvalue weighted by Crippen LogP contribution is -2.39. The first-order valence-corrected chi connectivity index (χ1v) is 9.24. The number of ether oxygens (including phenoxy) is 1. The SMILES string of the molecule is CCCN1C(=O)COc2ccc(NS(=O)(=O)c3ccc(F)cc3)cc21. The smallest absolute Gasteiger partial charge is 0.265 e. The molecule has 0 radical (unpaired) electrons. The van der Waals surface area contributed by atoms with Crippen LogP contribution in [0, 0.1) is 5.82 Å². The molecule has 1 N–H and O–H groups in total. The lowest BCUT2D eigenvalue weighted by molar-refractivity contribution is -0.121. The molecule has 2 aromatic carbocycles. The molecule has 0 fully saturated rings. The minimum absolute atomic E-state index is 0.0341. The van der Waals surface area contributed by atoms with Gasteiger partial charge in [-0.1, -0.05) is 6.92 Å². The minimum Gasteiger partial charge on any atom is -0.482 e. The van der Waals surface area contributed by atoms with Gasteiger partial charge in [0.15, 0.2) is 6.61 Å². The maximum Gasteiger partial charge on any atom is 0.265 e. The zero-order valence-electron chi connectivity index (χ0n) is 13.5. The van der Waals surface area contributed by atoms with E-state index in [9.17, 15) is 17.6 Å². The van der Waals surface area contributed by atoms with Crippen molar-refractivity contribution < 1.29 is 22.3 Å². The quantitative estimate of drug-likeness (QED) is 0.885. The number of nitrogens with zero attached hydrogens (tertiary/aromatic N) is 1. The summed E-state index contributed by atoms with van der Waals surface area (Å²) in [4.78, 5) is 13.6. The fourth-order valence-corrected chi connectivity index (χ4v) is 3.61. The number of fused-ring (bicyclic) bond motifs is 1. The highest BCUT2D eigenvalue weighted by Gasteiger charge is 2.25. The number of benzene rings is 2. The van der Waals surface area contributed by atoms with E-state index in [0.717, 1.165) is 18.6 Å². The van der Waals surface area contributed by atoms with Crippen LogP contribution in [0.25, 0.3) is 0 Å². The Balaban J connectivity index is 1.91. The van der Waals surface area contributed by atoms with Crippen molar-refractivity contribution in [2.45, 2.75) is 18.2 Å². The van der Waals surface area contributed by atoms with Gasteiger partial charge in [0.25, 0.3) is 15.9 Å². The van der Waals surface area contributed by atoms with Gasteiger partial charge in [-0.3, -0.25) is 9.52 Å². The highest BCUT2D eigenvalue weighted by molar-refractivity contribution is 7.92. The average molecular weight is 364 g/mol. The van der Waals surface area contributed by atoms with Crippen LogP contribution in [0.4, 0.5) is 15.8 Å². The first-order chi connectivity index (χ1) is 11.9. The number of halogens is 1. The molecule has 1 amide bonds. The summed E-state index contributed by atoms with van der Waals surface area (Å²) >= 11 is 0. The molecule has 1 heterocycles. The maximum atomic E-state index is 13.0. The summed E-state index contributed by atoms with van der Waals surface area (Å²) in [5.74, 6) is -0.163. The second-order valence-corrected chi connectivity index (χ2v) is 7.26. The lowest BCUT2D eigenvalue weighted by atomic mass is 10.2. The number of hydrogen-bond donors (Lipinski definition) is 1. The van der Waals surface area contributed by atoms with Crippen LogP contribution in [0.2, 0.25) is 0 Å². The first kappa shape index (κ1) is 17.2. The molecule has 0 bridgehead atoms. The fourth-order valence-electron chi connectivity index (χ4n) is 2.56. The molecule has 0 saturated carbocycles. The number of hydrogen-bond acceptors (Lipinski definition) is 4. The van der Waals surface area contributed by atoms with E-state index in [1.54, 1.807) is 23.1 Å². The molecular weight excluding hydrogens is 347 g/mol. The molecule has 132 valence electrons. The number of amides is 1. The Morgan fingerprint density at radius 2 is 1.92 bits per heavy atom. The summed E-state index contributed by atoms with van der Waals surface area (Å²) in [7, 11) is -3.86. The Morgan fingerprint density at radius 1 is 1.20 bits per heavy atom. The lowest BCUT2D eigenvalue weighted by Gasteiger charge is -2.29. The molecule has 1 aliphatic rings. The van der Waals surface area contributed by atoms with Gasteiger partial charge in [-0.05, 0) is 48.9 Å². The summed E-state index contributed by atoms with van der Waals surface area (Å²) in [5.41, 5.74) is 0.819. The molecule has 0 aromatic heterocycles. The van der Waals surface area contributed by atoms with Gasteiger partial charge in [-0.2, -0.15) is 0 Å². The number of anilines is 2. The molecule has 2 aromatic rings. The number of nitrogens with one attached hydrogen (secondary N) is 1. The van der Waals surface area contributed by atoms with Crippen molar-refractivity contribution in [2.24, 2.45) is 0 Å². The number of sulfonamides is 1. The van der Waals surface area contributed by atoms with Crippen molar-refractivity contribution in [3.05, 3.63) is 48.3 Å². The summed E-state index contributed by atoms with van der Waals surface area (Å²) in [6.45, 7) is 2.43. The van der Waals surface area contributed by atoms with Crippen molar-refractivity contribution in [2.75, 3.05) is 22.8 Å². The van der Waals surface area contributed by atoms with E-state index >= 15 is 0 Å². The Hall–Kier alpha value is -2.61. The van der Waals surface area contributed by atoms with Gasteiger partial charge < -0.3 is 9.64 Å². The van der Waals surface area contributed by atoms with Crippen molar-refractivity contribution in [3.8, 4) is 5.75 Å². The number of rotatable bonds is 5. The monoisotopic (exact) mass is 364 g/mol. The third kappa shape index (κ3) is 3.58. The van der Waals surface area contributed by atoms with Crippen LogP contribution >= 0.6 is 0 Å². The standard InChI is InChI=1S/C17H17FN2O4S/c1-2-9-20-15-10-13(5-8-16(15)24-11-17(20)21)19-25(22,23)14-6-3-12(18)4-7-14/h3-8,10,19H,2,9,11H2,1H3. The predicted molar refractivity (Wildman–Crippen MR) is 91.8 cm³/mol. The molecule has 0 atom stereocenters. The van der Waals surface area contributed by atoms with Gasteiger partial charge in [0, 0.05) is 6.54 Å². The topological polar surface area (TPSA) is 75.7 Å². The van der Waals surface area contributed by atoms with Crippen molar-refractivity contribution >= 4 is 27.3 Å². The van der Waals surface area contributed by atoms with Crippen LogP contribution < -0.4 is 14.4 Å². The van der Waals surface area contributed by atoms with Crippen molar-refractivity contribution in [1.82, 2.24) is 0 Å². The molecule has 0 aliphatic carbocycles. The van der Waals surface area contributed by atoms with Crippen LogP contribution in [0.3, 0.4) is 0 Å². The summed E-state index contributed by atoms with van der Waals surface area (Å²) in [6.07, 6.45) is 0.761.